The molecule has 1 aliphatic rings. The second kappa shape index (κ2) is 9.95. The van der Waals surface area contributed by atoms with Gasteiger partial charge in [-0.3, -0.25) is 4.79 Å². The van der Waals surface area contributed by atoms with Crippen LogP contribution >= 0.6 is 31.9 Å². The molecule has 9 heteroatoms. The highest BCUT2D eigenvalue weighted by Gasteiger charge is 2.36. The molecule has 2 aromatic carbocycles. The quantitative estimate of drug-likeness (QED) is 0.481. The van der Waals surface area contributed by atoms with E-state index in [4.69, 9.17) is 4.74 Å². The first-order valence-electron chi connectivity index (χ1n) is 10.8. The Labute approximate surface area is 210 Å². The van der Waals surface area contributed by atoms with Gasteiger partial charge in [0, 0.05) is 22.0 Å². The van der Waals surface area contributed by atoms with E-state index in [1.807, 2.05) is 48.2 Å². The highest BCUT2D eigenvalue weighted by Crippen LogP contribution is 2.33. The van der Waals surface area contributed by atoms with Gasteiger partial charge in [-0.2, -0.15) is 0 Å². The summed E-state index contributed by atoms with van der Waals surface area (Å²) in [6, 6.07) is 11.5. The summed E-state index contributed by atoms with van der Waals surface area (Å²) >= 11 is 7.00. The van der Waals surface area contributed by atoms with Gasteiger partial charge in [0.15, 0.2) is 0 Å². The fourth-order valence-electron chi connectivity index (χ4n) is 4.18. The lowest BCUT2D eigenvalue weighted by molar-refractivity contribution is -0.130. The number of aryl methyl sites for hydroxylation is 1. The maximum atomic E-state index is 13.0. The fourth-order valence-corrected chi connectivity index (χ4v) is 5.05. The lowest BCUT2D eigenvalue weighted by Crippen LogP contribution is -2.34. The van der Waals surface area contributed by atoms with E-state index in [1.54, 1.807) is 18.0 Å². The summed E-state index contributed by atoms with van der Waals surface area (Å²) in [4.78, 5) is 14.8. The number of methoxy groups -OCH3 is 1. The molecule has 1 atom stereocenters. The van der Waals surface area contributed by atoms with Gasteiger partial charge in [0.05, 0.1) is 25.4 Å². The maximum absolute atomic E-state index is 13.0. The van der Waals surface area contributed by atoms with E-state index in [9.17, 15) is 9.90 Å². The summed E-state index contributed by atoms with van der Waals surface area (Å²) < 4.78 is 8.86. The number of benzene rings is 2. The summed E-state index contributed by atoms with van der Waals surface area (Å²) in [5.74, 6) is 0.748. The summed E-state index contributed by atoms with van der Waals surface area (Å²) in [6.45, 7) is 3.07. The van der Waals surface area contributed by atoms with Gasteiger partial charge in [0.25, 0.3) is 0 Å². The zero-order chi connectivity index (χ0) is 23.6. The highest BCUT2D eigenvalue weighted by atomic mass is 79.9. The van der Waals surface area contributed by atoms with Crippen LogP contribution in [0.2, 0.25) is 0 Å². The number of likely N-dealkylation sites (tertiary alicyclic amines) is 1. The molecule has 7 nitrogen and oxygen atoms in total. The van der Waals surface area contributed by atoms with E-state index in [0.717, 1.165) is 31.5 Å². The Bertz CT molecular complexity index is 1170. The van der Waals surface area contributed by atoms with Crippen LogP contribution in [0.5, 0.6) is 5.75 Å². The smallest absolute Gasteiger partial charge is 0.227 e. The molecular formula is C24H26Br2N4O3. The second-order valence-corrected chi connectivity index (χ2v) is 10.1. The van der Waals surface area contributed by atoms with Crippen LogP contribution in [-0.4, -0.2) is 51.1 Å². The molecule has 1 saturated heterocycles. The number of hydrogen-bond acceptors (Lipinski definition) is 5. The maximum Gasteiger partial charge on any atom is 0.227 e. The van der Waals surface area contributed by atoms with E-state index in [-0.39, 0.29) is 12.3 Å². The Kier molecular flexibility index (Phi) is 7.21. The van der Waals surface area contributed by atoms with Crippen molar-refractivity contribution in [2.75, 3.05) is 20.2 Å². The molecule has 0 spiro atoms. The average molecular weight is 578 g/mol. The zero-order valence-corrected chi connectivity index (χ0v) is 21.8. The number of nitrogens with zero attached hydrogens (tertiary/aromatic N) is 4. The lowest BCUT2D eigenvalue weighted by atomic mass is 9.92. The Balaban J connectivity index is 1.46. The van der Waals surface area contributed by atoms with Crippen molar-refractivity contribution in [1.29, 1.82) is 0 Å². The van der Waals surface area contributed by atoms with Gasteiger partial charge in [0.1, 0.15) is 17.0 Å². The molecule has 0 saturated carbocycles. The van der Waals surface area contributed by atoms with Gasteiger partial charge < -0.3 is 14.7 Å². The van der Waals surface area contributed by atoms with E-state index in [0.29, 0.717) is 38.0 Å². The van der Waals surface area contributed by atoms with Crippen molar-refractivity contribution in [3.8, 4) is 11.4 Å². The topological polar surface area (TPSA) is 80.5 Å². The van der Waals surface area contributed by atoms with Crippen molar-refractivity contribution in [1.82, 2.24) is 19.9 Å². The number of carbonyl (C=O) groups is 1. The molecule has 0 aliphatic carbocycles. The van der Waals surface area contributed by atoms with Crippen LogP contribution in [0.3, 0.4) is 0 Å². The van der Waals surface area contributed by atoms with Crippen LogP contribution in [-0.2, 0) is 16.8 Å². The van der Waals surface area contributed by atoms with Crippen molar-refractivity contribution in [2.45, 2.75) is 38.2 Å². The molecular weight excluding hydrogens is 552 g/mol. The second-order valence-electron chi connectivity index (χ2n) is 8.38. The first-order valence-corrected chi connectivity index (χ1v) is 12.4. The fraction of sp³-hybridized carbons (Fsp3) is 0.375. The standard InChI is InChI=1S/C24H26Br2N4O3/c1-16-12-18(25)4-7-21(16)30-15-22(27-28-30)24(32)8-3-10-29(11-9-24)23(31)14-17-13-19(33-2)5-6-20(17)26/h4-7,12-13,15,32H,3,8-11,14H2,1-2H3. The molecule has 4 rings (SSSR count). The summed E-state index contributed by atoms with van der Waals surface area (Å²) in [7, 11) is 1.61. The normalized spacial score (nSPS) is 18.8. The number of halogens is 2. The molecule has 2 heterocycles. The van der Waals surface area contributed by atoms with Gasteiger partial charge in [-0.25, -0.2) is 4.68 Å². The number of aliphatic hydroxyl groups is 1. The van der Waals surface area contributed by atoms with Gasteiger partial charge in [-0.15, -0.1) is 5.10 Å². The van der Waals surface area contributed by atoms with Gasteiger partial charge in [0.2, 0.25) is 5.91 Å². The molecule has 1 amide bonds. The first-order chi connectivity index (χ1) is 15.8. The number of amides is 1. The van der Waals surface area contributed by atoms with Crippen LogP contribution in [0.15, 0.2) is 51.5 Å². The predicted octanol–water partition coefficient (Wildman–Crippen LogP) is 4.55. The van der Waals surface area contributed by atoms with E-state index >= 15 is 0 Å². The number of ether oxygens (including phenoxy) is 1. The minimum atomic E-state index is -1.12. The molecule has 1 aliphatic heterocycles. The average Bonchev–Trinajstić information content (AvgIpc) is 3.19. The molecule has 1 aromatic heterocycles. The summed E-state index contributed by atoms with van der Waals surface area (Å²) in [6.07, 6.45) is 3.69. The van der Waals surface area contributed by atoms with Gasteiger partial charge in [-0.05, 0) is 73.7 Å². The Hall–Kier alpha value is -2.23. The zero-order valence-electron chi connectivity index (χ0n) is 18.6. The monoisotopic (exact) mass is 576 g/mol. The van der Waals surface area contributed by atoms with Crippen molar-refractivity contribution >= 4 is 37.8 Å². The Morgan fingerprint density at radius 3 is 2.76 bits per heavy atom. The molecule has 0 bridgehead atoms. The van der Waals surface area contributed by atoms with E-state index in [2.05, 4.69) is 42.2 Å². The Morgan fingerprint density at radius 1 is 1.18 bits per heavy atom. The highest BCUT2D eigenvalue weighted by molar-refractivity contribution is 9.10. The van der Waals surface area contributed by atoms with Crippen LogP contribution in [0.4, 0.5) is 0 Å². The molecule has 1 N–H and O–H groups in total. The SMILES string of the molecule is COc1ccc(Br)c(CC(=O)N2CCCC(O)(c3cn(-c4ccc(Br)cc4C)nn3)CC2)c1. The van der Waals surface area contributed by atoms with Crippen LogP contribution in [0.25, 0.3) is 5.69 Å². The number of carbonyl (C=O) groups excluding carboxylic acids is 1. The van der Waals surface area contributed by atoms with Gasteiger partial charge in [-0.1, -0.05) is 37.1 Å². The van der Waals surface area contributed by atoms with Crippen LogP contribution < -0.4 is 4.74 Å². The third kappa shape index (κ3) is 5.31. The first kappa shape index (κ1) is 23.9. The van der Waals surface area contributed by atoms with E-state index < -0.39 is 5.60 Å². The minimum absolute atomic E-state index is 0.0299. The van der Waals surface area contributed by atoms with Crippen molar-refractivity contribution in [2.24, 2.45) is 0 Å². The Morgan fingerprint density at radius 2 is 2.00 bits per heavy atom. The van der Waals surface area contributed by atoms with E-state index in [1.165, 1.54) is 0 Å². The summed E-state index contributed by atoms with van der Waals surface area (Å²) in [5, 5.41) is 20.0. The number of aromatic nitrogens is 3. The van der Waals surface area contributed by atoms with Crippen LogP contribution in [0, 0.1) is 6.92 Å². The van der Waals surface area contributed by atoms with Gasteiger partial charge >= 0.3 is 0 Å². The third-order valence-electron chi connectivity index (χ3n) is 6.14. The van der Waals surface area contributed by atoms with Crippen molar-refractivity contribution in [3.05, 3.63) is 68.4 Å². The summed E-state index contributed by atoms with van der Waals surface area (Å²) in [5.41, 5.74) is 2.26. The largest absolute Gasteiger partial charge is 0.497 e. The van der Waals surface area contributed by atoms with Crippen molar-refractivity contribution in [3.63, 3.8) is 0 Å². The number of rotatable bonds is 5. The van der Waals surface area contributed by atoms with Crippen molar-refractivity contribution < 1.29 is 14.6 Å². The molecule has 1 fully saturated rings. The molecule has 1 unspecified atom stereocenters. The molecule has 0 radical (unpaired) electrons. The van der Waals surface area contributed by atoms with Crippen LogP contribution in [0.1, 0.15) is 36.1 Å². The molecule has 174 valence electrons. The minimum Gasteiger partial charge on any atom is -0.497 e. The number of hydrogen-bond donors (Lipinski definition) is 1. The predicted molar refractivity (Wildman–Crippen MR) is 133 cm³/mol. The third-order valence-corrected chi connectivity index (χ3v) is 7.40. The lowest BCUT2D eigenvalue weighted by Gasteiger charge is -2.24. The molecule has 3 aromatic rings. The molecule has 33 heavy (non-hydrogen) atoms.